The van der Waals surface area contributed by atoms with Gasteiger partial charge in [-0.15, -0.1) is 0 Å². The van der Waals surface area contributed by atoms with Crippen molar-refractivity contribution < 1.29 is 14.3 Å². The molecule has 0 radical (unpaired) electrons. The molecule has 1 unspecified atom stereocenters. The van der Waals surface area contributed by atoms with E-state index in [9.17, 15) is 14.4 Å². The first-order valence-corrected chi connectivity index (χ1v) is 7.30. The van der Waals surface area contributed by atoms with Gasteiger partial charge in [0.15, 0.2) is 0 Å². The van der Waals surface area contributed by atoms with Crippen LogP contribution in [-0.2, 0) is 9.53 Å². The van der Waals surface area contributed by atoms with Gasteiger partial charge in [0.1, 0.15) is 0 Å². The fourth-order valence-corrected chi connectivity index (χ4v) is 3.02. The van der Waals surface area contributed by atoms with Crippen LogP contribution in [0.3, 0.4) is 0 Å². The first kappa shape index (κ1) is 14.4. The van der Waals surface area contributed by atoms with E-state index in [-0.39, 0.29) is 29.2 Å². The third-order valence-electron chi connectivity index (χ3n) is 4.11. The van der Waals surface area contributed by atoms with E-state index in [0.717, 1.165) is 10.1 Å². The normalized spacial score (nSPS) is 18.7. The smallest absolute Gasteiger partial charge is 0.340 e. The molecule has 1 aromatic rings. The molecular formula is C16H16N2O4. The fraction of sp³-hybridized carbons (Fsp3) is 0.375. The Bertz CT molecular complexity index is 905. The van der Waals surface area contributed by atoms with E-state index >= 15 is 0 Å². The van der Waals surface area contributed by atoms with Gasteiger partial charge in [-0.05, 0) is 31.9 Å². The molecule has 1 atom stereocenters. The summed E-state index contributed by atoms with van der Waals surface area (Å²) in [5.41, 5.74) is 0.966. The summed E-state index contributed by atoms with van der Waals surface area (Å²) in [7, 11) is 0. The molecule has 0 aromatic carbocycles. The first-order chi connectivity index (χ1) is 10.5. The van der Waals surface area contributed by atoms with Crippen molar-refractivity contribution in [3.05, 3.63) is 27.0 Å². The first-order valence-electron chi connectivity index (χ1n) is 7.30. The van der Waals surface area contributed by atoms with Crippen LogP contribution in [0, 0.1) is 5.92 Å². The minimum Gasteiger partial charge on any atom is -0.462 e. The van der Waals surface area contributed by atoms with E-state index in [2.05, 4.69) is 4.99 Å². The molecule has 0 aliphatic carbocycles. The number of ether oxygens (including phenoxy) is 1. The van der Waals surface area contributed by atoms with E-state index in [1.54, 1.807) is 19.9 Å². The lowest BCUT2D eigenvalue weighted by molar-refractivity contribution is -0.135. The molecule has 3 heterocycles. The minimum absolute atomic E-state index is 0.113. The molecule has 0 fully saturated rings. The Kier molecular flexibility index (Phi) is 3.31. The van der Waals surface area contributed by atoms with E-state index < -0.39 is 11.5 Å². The van der Waals surface area contributed by atoms with Crippen molar-refractivity contribution in [1.82, 2.24) is 4.57 Å². The van der Waals surface area contributed by atoms with Gasteiger partial charge >= 0.3 is 5.97 Å². The van der Waals surface area contributed by atoms with E-state index in [1.165, 1.54) is 6.21 Å². The van der Waals surface area contributed by atoms with Crippen LogP contribution in [0.15, 0.2) is 15.9 Å². The zero-order valence-electron chi connectivity index (χ0n) is 12.7. The number of aliphatic imine (C=N–C) groups is 1. The summed E-state index contributed by atoms with van der Waals surface area (Å²) in [4.78, 5) is 41.2. The second kappa shape index (κ2) is 5.05. The number of carbonyl (C=O) groups is 2. The number of rotatable bonds is 3. The molecule has 2 aliphatic rings. The fourth-order valence-electron chi connectivity index (χ4n) is 3.02. The van der Waals surface area contributed by atoms with Gasteiger partial charge in [0.2, 0.25) is 5.91 Å². The van der Waals surface area contributed by atoms with E-state index in [0.29, 0.717) is 17.5 Å². The van der Waals surface area contributed by atoms with Crippen molar-refractivity contribution in [2.75, 3.05) is 6.61 Å². The summed E-state index contributed by atoms with van der Waals surface area (Å²) in [6, 6.07) is 1.71. The Morgan fingerprint density at radius 3 is 2.73 bits per heavy atom. The molecule has 6 nitrogen and oxygen atoms in total. The number of hydrogen-bond acceptors (Lipinski definition) is 5. The Morgan fingerprint density at radius 1 is 1.36 bits per heavy atom. The van der Waals surface area contributed by atoms with Crippen LogP contribution in [0.1, 0.15) is 32.0 Å². The summed E-state index contributed by atoms with van der Waals surface area (Å²) < 4.78 is 6.10. The highest BCUT2D eigenvalue weighted by molar-refractivity contribution is 6.34. The van der Waals surface area contributed by atoms with Crippen LogP contribution < -0.4 is 16.1 Å². The molecule has 0 saturated carbocycles. The molecule has 22 heavy (non-hydrogen) atoms. The largest absolute Gasteiger partial charge is 0.462 e. The number of fused-ring (bicyclic) bond motifs is 2. The van der Waals surface area contributed by atoms with Gasteiger partial charge in [-0.1, -0.05) is 6.92 Å². The predicted molar refractivity (Wildman–Crippen MR) is 81.6 cm³/mol. The minimum atomic E-state index is -0.596. The van der Waals surface area contributed by atoms with Crippen molar-refractivity contribution in [3.8, 4) is 0 Å². The monoisotopic (exact) mass is 300 g/mol. The van der Waals surface area contributed by atoms with Gasteiger partial charge in [-0.3, -0.25) is 14.6 Å². The molecule has 3 rings (SSSR count). The van der Waals surface area contributed by atoms with Crippen LogP contribution in [0.5, 0.6) is 0 Å². The van der Waals surface area contributed by atoms with E-state index in [1.807, 2.05) is 6.92 Å². The average Bonchev–Trinajstić information content (AvgIpc) is 3.01. The number of carbonyl (C=O) groups excluding carboxylic acids is 2. The van der Waals surface area contributed by atoms with Crippen molar-refractivity contribution >= 4 is 34.9 Å². The summed E-state index contributed by atoms with van der Waals surface area (Å²) in [6.07, 6.45) is 2.02. The molecular weight excluding hydrogens is 284 g/mol. The van der Waals surface area contributed by atoms with Crippen molar-refractivity contribution in [2.24, 2.45) is 10.9 Å². The maximum atomic E-state index is 12.7. The molecule has 0 amide bonds. The quantitative estimate of drug-likeness (QED) is 0.743. The summed E-state index contributed by atoms with van der Waals surface area (Å²) in [5.74, 6) is -1.18. The Morgan fingerprint density at radius 2 is 2.09 bits per heavy atom. The SMILES string of the molecule is CCOC(=O)C1=c2c(cc3n(c2=O)C(=O)C(C)C=3CC)N=C1. The Labute approximate surface area is 126 Å². The van der Waals surface area contributed by atoms with Gasteiger partial charge in [0.05, 0.1) is 34.4 Å². The van der Waals surface area contributed by atoms with Gasteiger partial charge in [0, 0.05) is 6.21 Å². The zero-order valence-corrected chi connectivity index (χ0v) is 12.7. The highest BCUT2D eigenvalue weighted by Gasteiger charge is 2.31. The standard InChI is InChI=1S/C16H16N2O4/c1-4-9-8(3)14(19)18-12(9)6-11-13(15(18)20)10(7-17-11)16(21)22-5-2/h6-8H,4-5H2,1-3H3. The molecule has 0 spiro atoms. The number of nitrogens with zero attached hydrogens (tertiary/aromatic N) is 2. The van der Waals surface area contributed by atoms with Crippen molar-refractivity contribution in [2.45, 2.75) is 27.2 Å². The van der Waals surface area contributed by atoms with Gasteiger partial charge in [-0.25, -0.2) is 9.36 Å². The van der Waals surface area contributed by atoms with Crippen LogP contribution in [0.25, 0.3) is 11.1 Å². The van der Waals surface area contributed by atoms with Gasteiger partial charge < -0.3 is 4.74 Å². The second-order valence-electron chi connectivity index (χ2n) is 5.26. The summed E-state index contributed by atoms with van der Waals surface area (Å²) >= 11 is 0. The number of aromatic nitrogens is 1. The lowest BCUT2D eigenvalue weighted by atomic mass is 10.0. The lowest BCUT2D eigenvalue weighted by Gasteiger charge is -2.03. The predicted octanol–water partition coefficient (Wildman–Crippen LogP) is 0.129. The molecule has 1 aromatic heterocycles. The Balaban J connectivity index is 2.39. The maximum Gasteiger partial charge on any atom is 0.340 e. The average molecular weight is 300 g/mol. The van der Waals surface area contributed by atoms with Crippen molar-refractivity contribution in [3.63, 3.8) is 0 Å². The lowest BCUT2D eigenvalue weighted by Crippen LogP contribution is -2.44. The number of pyridine rings is 1. The molecule has 6 heteroatoms. The van der Waals surface area contributed by atoms with E-state index in [4.69, 9.17) is 4.74 Å². The molecule has 0 saturated heterocycles. The number of hydrogen-bond donors (Lipinski definition) is 0. The Hall–Kier alpha value is -2.50. The van der Waals surface area contributed by atoms with Gasteiger partial charge in [0.25, 0.3) is 5.56 Å². The van der Waals surface area contributed by atoms with Crippen LogP contribution >= 0.6 is 0 Å². The highest BCUT2D eigenvalue weighted by atomic mass is 16.5. The topological polar surface area (TPSA) is 77.7 Å². The molecule has 2 aliphatic heterocycles. The molecule has 114 valence electrons. The van der Waals surface area contributed by atoms with Crippen LogP contribution in [0.4, 0.5) is 5.69 Å². The molecule has 0 bridgehead atoms. The zero-order chi connectivity index (χ0) is 16.0. The second-order valence-corrected chi connectivity index (χ2v) is 5.26. The third-order valence-corrected chi connectivity index (χ3v) is 4.11. The summed E-state index contributed by atoms with van der Waals surface area (Å²) in [6.45, 7) is 5.64. The van der Waals surface area contributed by atoms with Crippen molar-refractivity contribution in [1.29, 1.82) is 0 Å². The highest BCUT2D eigenvalue weighted by Crippen LogP contribution is 2.21. The molecule has 0 N–H and O–H groups in total. The van der Waals surface area contributed by atoms with Crippen LogP contribution in [0.2, 0.25) is 0 Å². The third kappa shape index (κ3) is 1.80. The number of esters is 1. The maximum absolute atomic E-state index is 12.7. The summed E-state index contributed by atoms with van der Waals surface area (Å²) in [5, 5.41) is 0.756. The van der Waals surface area contributed by atoms with Crippen LogP contribution in [-0.4, -0.2) is 29.3 Å². The van der Waals surface area contributed by atoms with Gasteiger partial charge in [-0.2, -0.15) is 0 Å².